The number of benzene rings is 1. The van der Waals surface area contributed by atoms with Crippen LogP contribution in [0, 0.1) is 0 Å². The molecule has 5 heteroatoms. The lowest BCUT2D eigenvalue weighted by atomic mass is 10.3. The van der Waals surface area contributed by atoms with Gasteiger partial charge in [-0.1, -0.05) is 11.3 Å². The van der Waals surface area contributed by atoms with Crippen LogP contribution in [0.25, 0.3) is 10.3 Å². The van der Waals surface area contributed by atoms with Crippen molar-refractivity contribution in [2.45, 2.75) is 0 Å². The second kappa shape index (κ2) is 2.25. The monoisotopic (exact) mass is 184 g/mol. The van der Waals surface area contributed by atoms with Crippen LogP contribution in [0.3, 0.4) is 0 Å². The van der Waals surface area contributed by atoms with E-state index in [4.69, 9.17) is 14.6 Å². The molecule has 1 aromatic heterocycles. The molecule has 1 heterocycles. The van der Waals surface area contributed by atoms with Crippen molar-refractivity contribution in [3.63, 3.8) is 0 Å². The molecule has 2 rings (SSSR count). The number of hydrogen-bond donors (Lipinski definition) is 2. The summed E-state index contributed by atoms with van der Waals surface area (Å²) in [6.07, 6.45) is 0. The highest BCUT2D eigenvalue weighted by Crippen LogP contribution is 2.31. The van der Waals surface area contributed by atoms with E-state index in [1.165, 1.54) is 12.1 Å². The predicted octanol–water partition coefficient (Wildman–Crippen LogP) is 1.27. The average Bonchev–Trinajstić information content (AvgIpc) is 2.30. The molecule has 0 radical (unpaired) electrons. The number of hydrogen-bond acceptors (Lipinski definition) is 5. The van der Waals surface area contributed by atoms with Crippen LogP contribution in [0.5, 0.6) is 11.5 Å². The molecule has 0 aliphatic carbocycles. The molecule has 2 N–H and O–H groups in total. The largest absolute Gasteiger partial charge is 0.504 e. The first kappa shape index (κ1) is 7.17. The van der Waals surface area contributed by atoms with Gasteiger partial charge in [0.1, 0.15) is 0 Å². The zero-order chi connectivity index (χ0) is 8.72. The van der Waals surface area contributed by atoms with E-state index in [-0.39, 0.29) is 11.5 Å². The SMILES string of the molecule is O=c1oc2cc(O)c(O)cc2s1. The quantitative estimate of drug-likeness (QED) is 0.605. The molecule has 62 valence electrons. The van der Waals surface area contributed by atoms with Crippen molar-refractivity contribution in [2.24, 2.45) is 0 Å². The van der Waals surface area contributed by atoms with Crippen molar-refractivity contribution in [1.82, 2.24) is 0 Å². The summed E-state index contributed by atoms with van der Waals surface area (Å²) in [5.41, 5.74) is 0.292. The van der Waals surface area contributed by atoms with Gasteiger partial charge in [-0.2, -0.15) is 0 Å². The van der Waals surface area contributed by atoms with Crippen molar-refractivity contribution in [3.8, 4) is 11.5 Å². The smallest absolute Gasteiger partial charge is 0.396 e. The second-order valence-corrected chi connectivity index (χ2v) is 3.22. The Kier molecular flexibility index (Phi) is 1.34. The molecule has 12 heavy (non-hydrogen) atoms. The molecule has 0 atom stereocenters. The zero-order valence-corrected chi connectivity index (χ0v) is 6.59. The number of aromatic hydroxyl groups is 2. The third kappa shape index (κ3) is 0.947. The third-order valence-electron chi connectivity index (χ3n) is 1.43. The molecule has 0 bridgehead atoms. The molecular formula is C7H4O4S. The lowest BCUT2D eigenvalue weighted by Crippen LogP contribution is -1.79. The van der Waals surface area contributed by atoms with Crippen LogP contribution >= 0.6 is 11.3 Å². The lowest BCUT2D eigenvalue weighted by molar-refractivity contribution is 0.404. The van der Waals surface area contributed by atoms with Gasteiger partial charge in [0, 0.05) is 12.1 Å². The maximum absolute atomic E-state index is 10.7. The van der Waals surface area contributed by atoms with Crippen LogP contribution in [-0.2, 0) is 0 Å². The Labute approximate surface area is 70.3 Å². The third-order valence-corrected chi connectivity index (χ3v) is 2.22. The van der Waals surface area contributed by atoms with Gasteiger partial charge in [-0.15, -0.1) is 0 Å². The minimum absolute atomic E-state index is 0.250. The predicted molar refractivity (Wildman–Crippen MR) is 43.7 cm³/mol. The Hall–Kier alpha value is -1.49. The molecule has 4 nitrogen and oxygen atoms in total. The van der Waals surface area contributed by atoms with Crippen LogP contribution in [0.15, 0.2) is 21.3 Å². The van der Waals surface area contributed by atoms with Crippen LogP contribution < -0.4 is 4.94 Å². The van der Waals surface area contributed by atoms with Crippen LogP contribution in [0.2, 0.25) is 0 Å². The first-order valence-electron chi connectivity index (χ1n) is 3.12. The van der Waals surface area contributed by atoms with E-state index < -0.39 is 4.94 Å². The molecule has 0 aliphatic rings. The van der Waals surface area contributed by atoms with Gasteiger partial charge in [-0.05, 0) is 0 Å². The summed E-state index contributed by atoms with van der Waals surface area (Å²) in [6, 6.07) is 2.50. The van der Waals surface area contributed by atoms with E-state index in [0.29, 0.717) is 10.3 Å². The highest BCUT2D eigenvalue weighted by molar-refractivity contribution is 7.16. The molecule has 0 spiro atoms. The Morgan fingerprint density at radius 2 is 1.92 bits per heavy atom. The first-order chi connectivity index (χ1) is 5.66. The Morgan fingerprint density at radius 1 is 1.25 bits per heavy atom. The normalized spacial score (nSPS) is 10.7. The molecule has 0 saturated carbocycles. The summed E-state index contributed by atoms with van der Waals surface area (Å²) in [7, 11) is 0. The highest BCUT2D eigenvalue weighted by atomic mass is 32.1. The topological polar surface area (TPSA) is 70.7 Å². The van der Waals surface area contributed by atoms with Crippen LogP contribution in [0.4, 0.5) is 0 Å². The molecule has 2 aromatic rings. The van der Waals surface area contributed by atoms with Crippen LogP contribution in [0.1, 0.15) is 0 Å². The molecule has 0 fully saturated rings. The summed E-state index contributed by atoms with van der Waals surface area (Å²) in [6.45, 7) is 0. The second-order valence-electron chi connectivity index (χ2n) is 2.24. The summed E-state index contributed by atoms with van der Waals surface area (Å²) in [4.78, 5) is 10.3. The minimum Gasteiger partial charge on any atom is -0.504 e. The van der Waals surface area contributed by atoms with Gasteiger partial charge >= 0.3 is 4.94 Å². The van der Waals surface area contributed by atoms with E-state index >= 15 is 0 Å². The Morgan fingerprint density at radius 3 is 2.67 bits per heavy atom. The van der Waals surface area contributed by atoms with Crippen molar-refractivity contribution >= 4 is 21.6 Å². The fourth-order valence-electron chi connectivity index (χ4n) is 0.898. The summed E-state index contributed by atoms with van der Waals surface area (Å²) >= 11 is 0.882. The maximum Gasteiger partial charge on any atom is 0.396 e. The van der Waals surface area contributed by atoms with E-state index in [1.807, 2.05) is 0 Å². The number of phenols is 2. The van der Waals surface area contributed by atoms with Crippen molar-refractivity contribution in [2.75, 3.05) is 0 Å². The van der Waals surface area contributed by atoms with Gasteiger partial charge < -0.3 is 14.6 Å². The molecule has 0 saturated heterocycles. The van der Waals surface area contributed by atoms with Gasteiger partial charge in [-0.3, -0.25) is 0 Å². The van der Waals surface area contributed by atoms with Crippen LogP contribution in [-0.4, -0.2) is 10.2 Å². The first-order valence-corrected chi connectivity index (χ1v) is 3.94. The fraction of sp³-hybridized carbons (Fsp3) is 0. The van der Waals surface area contributed by atoms with Crippen molar-refractivity contribution in [1.29, 1.82) is 0 Å². The van der Waals surface area contributed by atoms with Gasteiger partial charge in [0.05, 0.1) is 4.70 Å². The summed E-state index contributed by atoms with van der Waals surface area (Å²) in [5.74, 6) is -0.538. The number of fused-ring (bicyclic) bond motifs is 1. The minimum atomic E-state index is -0.449. The Bertz CT molecular complexity index is 440. The average molecular weight is 184 g/mol. The molecule has 0 amide bonds. The van der Waals surface area contributed by atoms with Gasteiger partial charge in [0.2, 0.25) is 0 Å². The molecular weight excluding hydrogens is 180 g/mol. The van der Waals surface area contributed by atoms with Gasteiger partial charge in [0.25, 0.3) is 0 Å². The number of phenolic OH excluding ortho intramolecular Hbond substituents is 2. The number of rotatable bonds is 0. The lowest BCUT2D eigenvalue weighted by Gasteiger charge is -1.93. The van der Waals surface area contributed by atoms with Crippen molar-refractivity contribution in [3.05, 3.63) is 21.9 Å². The Balaban J connectivity index is 2.92. The van der Waals surface area contributed by atoms with Gasteiger partial charge in [0.15, 0.2) is 17.1 Å². The zero-order valence-electron chi connectivity index (χ0n) is 5.77. The fourth-order valence-corrected chi connectivity index (χ4v) is 1.58. The maximum atomic E-state index is 10.7. The van der Waals surface area contributed by atoms with E-state index in [1.54, 1.807) is 0 Å². The van der Waals surface area contributed by atoms with Gasteiger partial charge in [-0.25, -0.2) is 4.79 Å². The van der Waals surface area contributed by atoms with Crippen molar-refractivity contribution < 1.29 is 14.6 Å². The molecule has 0 unspecified atom stereocenters. The summed E-state index contributed by atoms with van der Waals surface area (Å²) < 4.78 is 5.22. The summed E-state index contributed by atoms with van der Waals surface area (Å²) in [5, 5.41) is 18.1. The van der Waals surface area contributed by atoms with E-state index in [0.717, 1.165) is 11.3 Å². The highest BCUT2D eigenvalue weighted by Gasteiger charge is 2.06. The standard InChI is InChI=1S/C7H4O4S/c8-3-1-5-6(2-4(3)9)12-7(10)11-5/h1-2,8-9H. The molecule has 1 aromatic carbocycles. The molecule has 0 aliphatic heterocycles. The van der Waals surface area contributed by atoms with E-state index in [9.17, 15) is 4.79 Å². The van der Waals surface area contributed by atoms with E-state index in [2.05, 4.69) is 0 Å².